The fraction of sp³-hybridized carbons (Fsp3) is 0.417. The molecule has 0 aromatic heterocycles. The molecule has 1 unspecified atom stereocenters. The third-order valence-corrected chi connectivity index (χ3v) is 5.16. The highest BCUT2D eigenvalue weighted by Crippen LogP contribution is 2.33. The lowest BCUT2D eigenvalue weighted by Gasteiger charge is -2.15. The number of nitrogens with one attached hydrogen (secondary N) is 1. The van der Waals surface area contributed by atoms with Gasteiger partial charge in [0.05, 0.1) is 10.6 Å². The number of carbonyl (C=O) groups excluding carboxylic acids is 1. The number of sulfonamides is 1. The lowest BCUT2D eigenvalue weighted by molar-refractivity contribution is 0.0935. The first kappa shape index (κ1) is 15.8. The Morgan fingerprint density at radius 2 is 2.10 bits per heavy atom. The third kappa shape index (κ3) is 3.52. The monoisotopic (exact) mass is 380 g/mol. The molecule has 8 heteroatoms. The van der Waals surface area contributed by atoms with Gasteiger partial charge in [-0.2, -0.15) is 0 Å². The van der Waals surface area contributed by atoms with Crippen LogP contribution in [0.25, 0.3) is 0 Å². The average molecular weight is 382 g/mol. The number of primary sulfonamides is 1. The van der Waals surface area contributed by atoms with E-state index in [0.717, 1.165) is 12.8 Å². The molecule has 1 fully saturated rings. The summed E-state index contributed by atoms with van der Waals surface area (Å²) >= 11 is 9.15. The predicted octanol–water partition coefficient (Wildman–Crippen LogP) is 2.28. The van der Waals surface area contributed by atoms with Gasteiger partial charge in [-0.25, -0.2) is 13.6 Å². The largest absolute Gasteiger partial charge is 0.349 e. The minimum atomic E-state index is -3.99. The maximum absolute atomic E-state index is 12.2. The lowest BCUT2D eigenvalue weighted by atomic mass is 10.1. The van der Waals surface area contributed by atoms with E-state index in [0.29, 0.717) is 10.4 Å². The molecule has 2 rings (SSSR count). The van der Waals surface area contributed by atoms with Gasteiger partial charge in [0.25, 0.3) is 5.91 Å². The molecule has 0 bridgehead atoms. The van der Waals surface area contributed by atoms with Crippen molar-refractivity contribution in [1.29, 1.82) is 0 Å². The first-order valence-electron chi connectivity index (χ1n) is 6.03. The number of hydrogen-bond donors (Lipinski definition) is 2. The van der Waals surface area contributed by atoms with Crippen LogP contribution in [-0.4, -0.2) is 20.4 Å². The van der Waals surface area contributed by atoms with Crippen LogP contribution in [0.1, 0.15) is 30.1 Å². The van der Waals surface area contributed by atoms with Gasteiger partial charge in [0.15, 0.2) is 0 Å². The van der Waals surface area contributed by atoms with Crippen LogP contribution < -0.4 is 10.5 Å². The summed E-state index contributed by atoms with van der Waals surface area (Å²) in [5.41, 5.74) is 0.0950. The van der Waals surface area contributed by atoms with Crippen molar-refractivity contribution in [2.24, 2.45) is 11.1 Å². The zero-order valence-electron chi connectivity index (χ0n) is 10.7. The van der Waals surface area contributed by atoms with Crippen molar-refractivity contribution in [2.75, 3.05) is 0 Å². The molecule has 0 radical (unpaired) electrons. The Labute approximate surface area is 131 Å². The molecule has 20 heavy (non-hydrogen) atoms. The molecular weight excluding hydrogens is 368 g/mol. The molecule has 1 aliphatic carbocycles. The van der Waals surface area contributed by atoms with Crippen LogP contribution in [0.5, 0.6) is 0 Å². The molecule has 110 valence electrons. The zero-order chi connectivity index (χ0) is 15.1. The third-order valence-electron chi connectivity index (χ3n) is 3.24. The Morgan fingerprint density at radius 3 is 2.60 bits per heavy atom. The Bertz CT molecular complexity index is 659. The molecule has 3 N–H and O–H groups in total. The summed E-state index contributed by atoms with van der Waals surface area (Å²) in [7, 11) is -3.99. The van der Waals surface area contributed by atoms with Crippen LogP contribution >= 0.6 is 27.5 Å². The Balaban J connectivity index is 2.35. The van der Waals surface area contributed by atoms with E-state index in [2.05, 4.69) is 21.2 Å². The Hall–Kier alpha value is -0.630. The number of benzene rings is 1. The number of hydrogen-bond acceptors (Lipinski definition) is 3. The second kappa shape index (κ2) is 5.63. The fourth-order valence-electron chi connectivity index (χ4n) is 1.94. The quantitative estimate of drug-likeness (QED) is 0.838. The molecule has 1 aliphatic rings. The molecule has 1 atom stereocenters. The van der Waals surface area contributed by atoms with E-state index in [9.17, 15) is 13.2 Å². The van der Waals surface area contributed by atoms with Crippen molar-refractivity contribution in [1.82, 2.24) is 5.32 Å². The maximum atomic E-state index is 12.2. The highest BCUT2D eigenvalue weighted by atomic mass is 79.9. The minimum Gasteiger partial charge on any atom is -0.349 e. The molecule has 1 saturated carbocycles. The fourth-order valence-corrected chi connectivity index (χ4v) is 3.71. The number of rotatable bonds is 4. The van der Waals surface area contributed by atoms with Crippen LogP contribution in [0.3, 0.4) is 0 Å². The van der Waals surface area contributed by atoms with Gasteiger partial charge in [-0.05, 0) is 37.8 Å². The van der Waals surface area contributed by atoms with Crippen molar-refractivity contribution in [3.63, 3.8) is 0 Å². The van der Waals surface area contributed by atoms with Crippen molar-refractivity contribution < 1.29 is 13.2 Å². The van der Waals surface area contributed by atoms with Crippen molar-refractivity contribution in [2.45, 2.75) is 30.7 Å². The zero-order valence-corrected chi connectivity index (χ0v) is 13.8. The molecule has 1 amide bonds. The van der Waals surface area contributed by atoms with Crippen LogP contribution in [0.4, 0.5) is 0 Å². The molecule has 1 aromatic carbocycles. The number of nitrogens with two attached hydrogens (primary N) is 1. The first-order chi connectivity index (χ1) is 9.20. The van der Waals surface area contributed by atoms with E-state index in [4.69, 9.17) is 16.7 Å². The minimum absolute atomic E-state index is 0.0375. The van der Waals surface area contributed by atoms with Gasteiger partial charge >= 0.3 is 0 Å². The van der Waals surface area contributed by atoms with E-state index in [1.54, 1.807) is 0 Å². The normalized spacial score (nSPS) is 16.8. The van der Waals surface area contributed by atoms with E-state index >= 15 is 0 Å². The van der Waals surface area contributed by atoms with E-state index < -0.39 is 15.9 Å². The van der Waals surface area contributed by atoms with Gasteiger partial charge in [-0.1, -0.05) is 27.5 Å². The number of halogens is 2. The number of amides is 1. The summed E-state index contributed by atoms with van der Waals surface area (Å²) in [4.78, 5) is 11.9. The summed E-state index contributed by atoms with van der Waals surface area (Å²) in [5.74, 6) is 0.0863. The van der Waals surface area contributed by atoms with Gasteiger partial charge in [0.2, 0.25) is 10.0 Å². The molecular formula is C12H14BrClN2O3S. The first-order valence-corrected chi connectivity index (χ1v) is 8.74. The van der Waals surface area contributed by atoms with E-state index in [1.807, 2.05) is 6.92 Å². The summed E-state index contributed by atoms with van der Waals surface area (Å²) in [6, 6.07) is 2.79. The molecule has 0 heterocycles. The number of carbonyl (C=O) groups is 1. The van der Waals surface area contributed by atoms with Gasteiger partial charge in [-0.3, -0.25) is 4.79 Å². The maximum Gasteiger partial charge on any atom is 0.253 e. The summed E-state index contributed by atoms with van der Waals surface area (Å²) in [5, 5.41) is 7.76. The standard InChI is InChI=1S/C12H14BrClN2O3S/c1-6(7-2-3-7)16-12(17)9-4-8(13)5-10(11(9)14)20(15,18)19/h4-7H,2-3H2,1H3,(H,16,17)(H2,15,18,19). The lowest BCUT2D eigenvalue weighted by Crippen LogP contribution is -2.34. The summed E-state index contributed by atoms with van der Waals surface area (Å²) in [6.07, 6.45) is 2.19. The molecule has 0 aliphatic heterocycles. The van der Waals surface area contributed by atoms with E-state index in [-0.39, 0.29) is 21.5 Å². The van der Waals surface area contributed by atoms with Gasteiger partial charge in [0, 0.05) is 10.5 Å². The Kier molecular flexibility index (Phi) is 4.44. The highest BCUT2D eigenvalue weighted by Gasteiger charge is 2.30. The van der Waals surface area contributed by atoms with Gasteiger partial charge < -0.3 is 5.32 Å². The van der Waals surface area contributed by atoms with Gasteiger partial charge in [0.1, 0.15) is 4.90 Å². The second-order valence-electron chi connectivity index (χ2n) is 4.91. The topological polar surface area (TPSA) is 89.3 Å². The second-order valence-corrected chi connectivity index (χ2v) is 7.73. The Morgan fingerprint density at radius 1 is 1.50 bits per heavy atom. The van der Waals surface area contributed by atoms with Crippen LogP contribution in [-0.2, 0) is 10.0 Å². The summed E-state index contributed by atoms with van der Waals surface area (Å²) < 4.78 is 23.4. The molecule has 0 saturated heterocycles. The van der Waals surface area contributed by atoms with Crippen molar-refractivity contribution in [3.8, 4) is 0 Å². The van der Waals surface area contributed by atoms with Crippen LogP contribution in [0, 0.1) is 5.92 Å². The molecule has 5 nitrogen and oxygen atoms in total. The molecule has 0 spiro atoms. The summed E-state index contributed by atoms with van der Waals surface area (Å²) in [6.45, 7) is 1.92. The van der Waals surface area contributed by atoms with Crippen molar-refractivity contribution in [3.05, 3.63) is 27.2 Å². The van der Waals surface area contributed by atoms with Crippen molar-refractivity contribution >= 4 is 43.5 Å². The SMILES string of the molecule is CC(NC(=O)c1cc(Br)cc(S(N)(=O)=O)c1Cl)C1CC1. The van der Waals surface area contributed by atoms with Gasteiger partial charge in [-0.15, -0.1) is 0 Å². The highest BCUT2D eigenvalue weighted by molar-refractivity contribution is 9.10. The average Bonchev–Trinajstić information content (AvgIpc) is 3.13. The predicted molar refractivity (Wildman–Crippen MR) is 80.2 cm³/mol. The van der Waals surface area contributed by atoms with Crippen LogP contribution in [0.2, 0.25) is 5.02 Å². The molecule has 1 aromatic rings. The van der Waals surface area contributed by atoms with Crippen LogP contribution in [0.15, 0.2) is 21.5 Å². The van der Waals surface area contributed by atoms with E-state index in [1.165, 1.54) is 12.1 Å². The smallest absolute Gasteiger partial charge is 0.253 e.